The molecule has 31 heavy (non-hydrogen) atoms. The van der Waals surface area contributed by atoms with E-state index in [9.17, 15) is 40.2 Å². The van der Waals surface area contributed by atoms with Crippen molar-refractivity contribution in [3.63, 3.8) is 0 Å². The molecule has 9 heteroatoms. The Morgan fingerprint density at radius 3 is 2.16 bits per heavy atom. The van der Waals surface area contributed by atoms with Gasteiger partial charge in [-0.15, -0.1) is 0 Å². The zero-order valence-electron chi connectivity index (χ0n) is 16.0. The maximum Gasteiger partial charge on any atom is 0.339 e. The highest BCUT2D eigenvalue weighted by molar-refractivity contribution is 6.04. The lowest BCUT2D eigenvalue weighted by Crippen LogP contribution is -2.23. The van der Waals surface area contributed by atoms with Gasteiger partial charge in [-0.05, 0) is 54.7 Å². The summed E-state index contributed by atoms with van der Waals surface area (Å²) in [6.45, 7) is 0. The van der Waals surface area contributed by atoms with Gasteiger partial charge in [-0.1, -0.05) is 6.07 Å². The van der Waals surface area contributed by atoms with E-state index in [1.807, 2.05) is 0 Å². The highest BCUT2D eigenvalue weighted by Crippen LogP contribution is 2.50. The Balaban J connectivity index is 1.79. The van der Waals surface area contributed by atoms with Gasteiger partial charge >= 0.3 is 11.9 Å². The molecule has 1 aliphatic carbocycles. The number of hydrogen-bond acceptors (Lipinski definition) is 8. The van der Waals surface area contributed by atoms with Crippen LogP contribution in [0, 0.1) is 0 Å². The van der Waals surface area contributed by atoms with Gasteiger partial charge in [0.25, 0.3) is 0 Å². The maximum atomic E-state index is 12.9. The number of carboxylic acid groups (broad SMARTS) is 1. The number of phenols is 5. The number of carboxylic acids is 1. The van der Waals surface area contributed by atoms with Crippen molar-refractivity contribution >= 4 is 22.7 Å². The molecule has 1 unspecified atom stereocenters. The SMILES string of the molecule is O=C(O)c1cc2c(O)c(O)c(O)c(O)c2cc1OC(=O)C1CCCc2cc(O)ccc21. The summed E-state index contributed by atoms with van der Waals surface area (Å²) in [5.41, 5.74) is 0.991. The molecular formula is C22H18O9. The molecule has 0 aliphatic heterocycles. The monoisotopic (exact) mass is 426 g/mol. The standard InChI is InChI=1S/C22H18O9/c23-10-4-5-11-9(6-10)2-1-3-12(11)22(30)31-16-8-14-13(7-15(16)21(28)29)17(24)19(26)20(27)18(14)25/h4-8,12,23-27H,1-3H2,(H,28,29). The Bertz CT molecular complexity index is 1250. The van der Waals surface area contributed by atoms with Crippen molar-refractivity contribution in [2.75, 3.05) is 0 Å². The number of aromatic hydroxyl groups is 5. The molecule has 160 valence electrons. The van der Waals surface area contributed by atoms with E-state index in [0.717, 1.165) is 17.7 Å². The molecule has 0 bridgehead atoms. The first-order chi connectivity index (χ1) is 14.7. The number of esters is 1. The summed E-state index contributed by atoms with van der Waals surface area (Å²) in [6, 6.07) is 6.59. The first kappa shape index (κ1) is 20.1. The molecule has 0 spiro atoms. The number of fused-ring (bicyclic) bond motifs is 2. The second-order valence-corrected chi connectivity index (χ2v) is 7.34. The van der Waals surface area contributed by atoms with Crippen molar-refractivity contribution in [1.82, 2.24) is 0 Å². The number of benzene rings is 3. The fraction of sp³-hybridized carbons (Fsp3) is 0.182. The molecule has 4 rings (SSSR count). The molecule has 0 heterocycles. The molecule has 0 fully saturated rings. The van der Waals surface area contributed by atoms with Crippen LogP contribution in [0.1, 0.15) is 40.2 Å². The molecule has 1 aliphatic rings. The lowest BCUT2D eigenvalue weighted by atomic mass is 9.83. The Kier molecular flexibility index (Phi) is 4.73. The lowest BCUT2D eigenvalue weighted by Gasteiger charge is -2.24. The van der Waals surface area contributed by atoms with E-state index < -0.39 is 52.2 Å². The van der Waals surface area contributed by atoms with Gasteiger partial charge in [0.05, 0.1) is 5.92 Å². The average Bonchev–Trinajstić information content (AvgIpc) is 2.75. The maximum absolute atomic E-state index is 12.9. The third-order valence-corrected chi connectivity index (χ3v) is 5.47. The van der Waals surface area contributed by atoms with E-state index in [2.05, 4.69) is 0 Å². The Morgan fingerprint density at radius 2 is 1.52 bits per heavy atom. The quantitative estimate of drug-likeness (QED) is 0.160. The van der Waals surface area contributed by atoms with Gasteiger partial charge in [0.1, 0.15) is 17.1 Å². The van der Waals surface area contributed by atoms with Crippen molar-refractivity contribution in [2.45, 2.75) is 25.2 Å². The zero-order valence-corrected chi connectivity index (χ0v) is 16.0. The van der Waals surface area contributed by atoms with Crippen molar-refractivity contribution in [2.24, 2.45) is 0 Å². The van der Waals surface area contributed by atoms with Crippen LogP contribution in [0.25, 0.3) is 10.8 Å². The van der Waals surface area contributed by atoms with Crippen molar-refractivity contribution in [3.05, 3.63) is 47.0 Å². The first-order valence-corrected chi connectivity index (χ1v) is 9.39. The summed E-state index contributed by atoms with van der Waals surface area (Å²) in [6.07, 6.45) is 1.81. The number of aryl methyl sites for hydroxylation is 1. The number of aromatic carboxylic acids is 1. The summed E-state index contributed by atoms with van der Waals surface area (Å²) in [5.74, 6) is -6.82. The summed E-state index contributed by atoms with van der Waals surface area (Å²) in [4.78, 5) is 24.7. The molecular weight excluding hydrogens is 408 g/mol. The topological polar surface area (TPSA) is 165 Å². The van der Waals surface area contributed by atoms with Gasteiger partial charge in [0, 0.05) is 10.8 Å². The highest BCUT2D eigenvalue weighted by Gasteiger charge is 2.30. The van der Waals surface area contributed by atoms with Gasteiger partial charge < -0.3 is 35.4 Å². The molecule has 0 aromatic heterocycles. The third kappa shape index (κ3) is 3.29. The van der Waals surface area contributed by atoms with Crippen LogP contribution in [0.15, 0.2) is 30.3 Å². The van der Waals surface area contributed by atoms with E-state index in [1.165, 1.54) is 6.07 Å². The fourth-order valence-electron chi connectivity index (χ4n) is 3.93. The molecule has 0 radical (unpaired) electrons. The second kappa shape index (κ2) is 7.28. The van der Waals surface area contributed by atoms with Crippen LogP contribution in [0.4, 0.5) is 0 Å². The second-order valence-electron chi connectivity index (χ2n) is 7.34. The minimum atomic E-state index is -1.47. The molecule has 6 N–H and O–H groups in total. The van der Waals surface area contributed by atoms with E-state index >= 15 is 0 Å². The molecule has 1 atom stereocenters. The van der Waals surface area contributed by atoms with Crippen LogP contribution in [0.2, 0.25) is 0 Å². The molecule has 0 saturated carbocycles. The summed E-state index contributed by atoms with van der Waals surface area (Å²) >= 11 is 0. The number of carbonyl (C=O) groups is 2. The van der Waals surface area contributed by atoms with Crippen molar-refractivity contribution in [1.29, 1.82) is 0 Å². The van der Waals surface area contributed by atoms with Crippen LogP contribution in [0.5, 0.6) is 34.5 Å². The van der Waals surface area contributed by atoms with E-state index in [4.69, 9.17) is 4.74 Å². The minimum Gasteiger partial charge on any atom is -0.508 e. The third-order valence-electron chi connectivity index (χ3n) is 5.47. The predicted octanol–water partition coefficient (Wildman–Crippen LogP) is 3.09. The Labute approximate surface area is 175 Å². The predicted molar refractivity (Wildman–Crippen MR) is 107 cm³/mol. The van der Waals surface area contributed by atoms with Crippen LogP contribution in [0.3, 0.4) is 0 Å². The number of rotatable bonds is 3. The van der Waals surface area contributed by atoms with Gasteiger partial charge in [-0.3, -0.25) is 4.79 Å². The smallest absolute Gasteiger partial charge is 0.339 e. The first-order valence-electron chi connectivity index (χ1n) is 9.39. The summed E-state index contributed by atoms with van der Waals surface area (Å²) in [7, 11) is 0. The van der Waals surface area contributed by atoms with Crippen LogP contribution in [-0.2, 0) is 11.2 Å². The number of carbonyl (C=O) groups excluding carboxylic acids is 1. The van der Waals surface area contributed by atoms with Gasteiger partial charge in [-0.25, -0.2) is 4.79 Å². The Hall–Kier alpha value is -4.14. The number of phenolic OH excluding ortho intramolecular Hbond substituents is 5. The van der Waals surface area contributed by atoms with E-state index in [-0.39, 0.29) is 16.5 Å². The Morgan fingerprint density at radius 1 is 0.871 bits per heavy atom. The van der Waals surface area contributed by atoms with Crippen molar-refractivity contribution in [3.8, 4) is 34.5 Å². The molecule has 9 nitrogen and oxygen atoms in total. The number of ether oxygens (including phenoxy) is 1. The van der Waals surface area contributed by atoms with E-state index in [0.29, 0.717) is 24.8 Å². The molecule has 3 aromatic carbocycles. The van der Waals surface area contributed by atoms with Gasteiger partial charge in [0.2, 0.25) is 11.5 Å². The largest absolute Gasteiger partial charge is 0.508 e. The fourth-order valence-corrected chi connectivity index (χ4v) is 3.93. The van der Waals surface area contributed by atoms with Crippen LogP contribution in [-0.4, -0.2) is 42.6 Å². The zero-order chi connectivity index (χ0) is 22.4. The average molecular weight is 426 g/mol. The summed E-state index contributed by atoms with van der Waals surface area (Å²) < 4.78 is 5.39. The van der Waals surface area contributed by atoms with Gasteiger partial charge in [0.15, 0.2) is 11.5 Å². The van der Waals surface area contributed by atoms with E-state index in [1.54, 1.807) is 12.1 Å². The van der Waals surface area contributed by atoms with Crippen molar-refractivity contribution < 1.29 is 45.0 Å². The lowest BCUT2D eigenvalue weighted by molar-refractivity contribution is -0.136. The normalized spacial score (nSPS) is 15.4. The number of hydrogen-bond donors (Lipinski definition) is 6. The van der Waals surface area contributed by atoms with Crippen LogP contribution >= 0.6 is 0 Å². The molecule has 3 aromatic rings. The molecule has 0 saturated heterocycles. The molecule has 0 amide bonds. The summed E-state index contributed by atoms with van der Waals surface area (Å²) in [5, 5.41) is 58.4. The van der Waals surface area contributed by atoms with Crippen LogP contribution < -0.4 is 4.74 Å². The van der Waals surface area contributed by atoms with Gasteiger partial charge in [-0.2, -0.15) is 0 Å². The minimum absolute atomic E-state index is 0.0776. The highest BCUT2D eigenvalue weighted by atomic mass is 16.5.